The Morgan fingerprint density at radius 3 is 2.18 bits per heavy atom. The van der Waals surface area contributed by atoms with Crippen molar-refractivity contribution in [1.82, 2.24) is 0 Å². The zero-order chi connectivity index (χ0) is 12.7. The minimum atomic E-state index is 0.362. The Bertz CT molecular complexity index is 302. The van der Waals surface area contributed by atoms with Gasteiger partial charge in [0.05, 0.1) is 0 Å². The Kier molecular flexibility index (Phi) is 6.10. The molecule has 0 radical (unpaired) electrons. The fourth-order valence-corrected chi connectivity index (χ4v) is 2.14. The summed E-state index contributed by atoms with van der Waals surface area (Å²) >= 11 is 0. The third-order valence-electron chi connectivity index (χ3n) is 3.80. The standard InChI is InChI=1S/C16H26O/c1-4-13(3)6-7-14(5-2)12-15-8-10-16(17)11-9-15/h8-11,13-14,17H,4-7,12H2,1-3H3. The lowest BCUT2D eigenvalue weighted by Crippen LogP contribution is -2.05. The first-order chi connectivity index (χ1) is 8.15. The van der Waals surface area contributed by atoms with Crippen LogP contribution in [0, 0.1) is 11.8 Å². The number of hydrogen-bond donors (Lipinski definition) is 1. The number of phenolic OH excluding ortho intramolecular Hbond substituents is 1. The molecule has 17 heavy (non-hydrogen) atoms. The fourth-order valence-electron chi connectivity index (χ4n) is 2.14. The highest BCUT2D eigenvalue weighted by atomic mass is 16.3. The van der Waals surface area contributed by atoms with Gasteiger partial charge < -0.3 is 5.11 Å². The molecule has 2 unspecified atom stereocenters. The molecule has 2 atom stereocenters. The molecule has 1 aromatic rings. The molecule has 1 nitrogen and oxygen atoms in total. The number of aromatic hydroxyl groups is 1. The molecule has 0 aliphatic carbocycles. The van der Waals surface area contributed by atoms with Gasteiger partial charge >= 0.3 is 0 Å². The van der Waals surface area contributed by atoms with Gasteiger partial charge in [-0.2, -0.15) is 0 Å². The van der Waals surface area contributed by atoms with E-state index >= 15 is 0 Å². The Morgan fingerprint density at radius 2 is 1.65 bits per heavy atom. The second-order valence-corrected chi connectivity index (χ2v) is 5.24. The molecule has 1 N–H and O–H groups in total. The maximum Gasteiger partial charge on any atom is 0.115 e. The highest BCUT2D eigenvalue weighted by molar-refractivity contribution is 5.26. The lowest BCUT2D eigenvalue weighted by Gasteiger charge is -2.17. The number of phenols is 1. The van der Waals surface area contributed by atoms with Crippen molar-refractivity contribution >= 4 is 0 Å². The lowest BCUT2D eigenvalue weighted by molar-refractivity contribution is 0.392. The van der Waals surface area contributed by atoms with Gasteiger partial charge in [-0.1, -0.05) is 52.2 Å². The van der Waals surface area contributed by atoms with E-state index in [1.807, 2.05) is 12.1 Å². The molecular weight excluding hydrogens is 208 g/mol. The molecule has 96 valence electrons. The lowest BCUT2D eigenvalue weighted by atomic mass is 9.89. The largest absolute Gasteiger partial charge is 0.508 e. The van der Waals surface area contributed by atoms with Crippen molar-refractivity contribution in [3.8, 4) is 5.75 Å². The molecule has 0 amide bonds. The maximum atomic E-state index is 9.26. The molecule has 1 rings (SSSR count). The van der Waals surface area contributed by atoms with Gasteiger partial charge in [0.1, 0.15) is 5.75 Å². The van der Waals surface area contributed by atoms with Crippen molar-refractivity contribution in [2.24, 2.45) is 11.8 Å². The molecular formula is C16H26O. The molecule has 0 aliphatic heterocycles. The van der Waals surface area contributed by atoms with Crippen molar-refractivity contribution in [1.29, 1.82) is 0 Å². The third kappa shape index (κ3) is 5.25. The summed E-state index contributed by atoms with van der Waals surface area (Å²) in [6.07, 6.45) is 6.35. The van der Waals surface area contributed by atoms with Gasteiger partial charge in [-0.25, -0.2) is 0 Å². The molecule has 1 aromatic carbocycles. The van der Waals surface area contributed by atoms with Gasteiger partial charge in [0.25, 0.3) is 0 Å². The van der Waals surface area contributed by atoms with E-state index in [4.69, 9.17) is 0 Å². The molecule has 0 aliphatic rings. The van der Waals surface area contributed by atoms with Gasteiger partial charge in [-0.3, -0.25) is 0 Å². The van der Waals surface area contributed by atoms with Gasteiger partial charge in [-0.05, 0) is 42.4 Å². The van der Waals surface area contributed by atoms with Gasteiger partial charge in [0, 0.05) is 0 Å². The summed E-state index contributed by atoms with van der Waals surface area (Å²) in [7, 11) is 0. The van der Waals surface area contributed by atoms with E-state index in [0.29, 0.717) is 5.75 Å². The van der Waals surface area contributed by atoms with Crippen LogP contribution in [-0.2, 0) is 6.42 Å². The molecule has 0 spiro atoms. The van der Waals surface area contributed by atoms with Gasteiger partial charge in [0.2, 0.25) is 0 Å². The Labute approximate surface area is 106 Å². The van der Waals surface area contributed by atoms with Gasteiger partial charge in [0.15, 0.2) is 0 Å². The minimum Gasteiger partial charge on any atom is -0.508 e. The quantitative estimate of drug-likeness (QED) is 0.719. The molecule has 0 saturated carbocycles. The molecule has 1 heteroatoms. The second kappa shape index (κ2) is 7.37. The third-order valence-corrected chi connectivity index (χ3v) is 3.80. The first kappa shape index (κ1) is 14.1. The van der Waals surface area contributed by atoms with Crippen LogP contribution in [-0.4, -0.2) is 5.11 Å². The summed E-state index contributed by atoms with van der Waals surface area (Å²) in [5.41, 5.74) is 1.35. The smallest absolute Gasteiger partial charge is 0.115 e. The van der Waals surface area contributed by atoms with Crippen LogP contribution in [0.25, 0.3) is 0 Å². The topological polar surface area (TPSA) is 20.2 Å². The van der Waals surface area contributed by atoms with E-state index in [1.54, 1.807) is 12.1 Å². The van der Waals surface area contributed by atoms with E-state index in [9.17, 15) is 5.11 Å². The minimum absolute atomic E-state index is 0.362. The number of hydrogen-bond acceptors (Lipinski definition) is 1. The van der Waals surface area contributed by atoms with Crippen LogP contribution in [0.5, 0.6) is 5.75 Å². The van der Waals surface area contributed by atoms with Crippen LogP contribution in [0.4, 0.5) is 0 Å². The summed E-state index contributed by atoms with van der Waals surface area (Å²) in [5.74, 6) is 2.00. The zero-order valence-electron chi connectivity index (χ0n) is 11.4. The summed E-state index contributed by atoms with van der Waals surface area (Å²) in [6, 6.07) is 7.66. The normalized spacial score (nSPS) is 14.5. The van der Waals surface area contributed by atoms with E-state index in [2.05, 4.69) is 20.8 Å². The maximum absolute atomic E-state index is 9.26. The SMILES string of the molecule is CCC(C)CCC(CC)Cc1ccc(O)cc1. The predicted molar refractivity (Wildman–Crippen MR) is 74.3 cm³/mol. The van der Waals surface area contributed by atoms with Crippen molar-refractivity contribution < 1.29 is 5.11 Å². The molecule has 0 saturated heterocycles. The Morgan fingerprint density at radius 1 is 1.00 bits per heavy atom. The van der Waals surface area contributed by atoms with E-state index in [-0.39, 0.29) is 0 Å². The summed E-state index contributed by atoms with van der Waals surface area (Å²) in [5, 5.41) is 9.26. The van der Waals surface area contributed by atoms with Crippen LogP contribution < -0.4 is 0 Å². The Hall–Kier alpha value is -0.980. The number of rotatable bonds is 7. The van der Waals surface area contributed by atoms with E-state index in [0.717, 1.165) is 18.3 Å². The summed E-state index contributed by atoms with van der Waals surface area (Å²) < 4.78 is 0. The van der Waals surface area contributed by atoms with Crippen molar-refractivity contribution in [3.63, 3.8) is 0 Å². The second-order valence-electron chi connectivity index (χ2n) is 5.24. The average Bonchev–Trinajstić information content (AvgIpc) is 2.36. The first-order valence-corrected chi connectivity index (χ1v) is 6.93. The van der Waals surface area contributed by atoms with Crippen LogP contribution in [0.3, 0.4) is 0 Å². The summed E-state index contributed by atoms with van der Waals surface area (Å²) in [6.45, 7) is 6.89. The van der Waals surface area contributed by atoms with Crippen LogP contribution >= 0.6 is 0 Å². The van der Waals surface area contributed by atoms with E-state index in [1.165, 1.54) is 31.2 Å². The van der Waals surface area contributed by atoms with E-state index < -0.39 is 0 Å². The predicted octanol–water partition coefficient (Wildman–Crippen LogP) is 4.79. The first-order valence-electron chi connectivity index (χ1n) is 6.93. The molecule has 0 heterocycles. The van der Waals surface area contributed by atoms with Crippen molar-refractivity contribution in [2.75, 3.05) is 0 Å². The van der Waals surface area contributed by atoms with Crippen LogP contribution in [0.15, 0.2) is 24.3 Å². The van der Waals surface area contributed by atoms with Crippen molar-refractivity contribution in [3.05, 3.63) is 29.8 Å². The molecule has 0 fully saturated rings. The fraction of sp³-hybridized carbons (Fsp3) is 0.625. The van der Waals surface area contributed by atoms with Crippen LogP contribution in [0.2, 0.25) is 0 Å². The highest BCUT2D eigenvalue weighted by Crippen LogP contribution is 2.22. The van der Waals surface area contributed by atoms with Crippen LogP contribution in [0.1, 0.15) is 52.0 Å². The molecule has 0 aromatic heterocycles. The molecule has 0 bridgehead atoms. The average molecular weight is 234 g/mol. The van der Waals surface area contributed by atoms with Crippen molar-refractivity contribution in [2.45, 2.75) is 52.9 Å². The number of benzene rings is 1. The monoisotopic (exact) mass is 234 g/mol. The highest BCUT2D eigenvalue weighted by Gasteiger charge is 2.09. The summed E-state index contributed by atoms with van der Waals surface area (Å²) in [4.78, 5) is 0. The Balaban J connectivity index is 2.43. The zero-order valence-corrected chi connectivity index (χ0v) is 11.4. The van der Waals surface area contributed by atoms with Gasteiger partial charge in [-0.15, -0.1) is 0 Å².